The second kappa shape index (κ2) is 27.4. The van der Waals surface area contributed by atoms with Gasteiger partial charge in [-0.1, -0.05) is 89.6 Å². The van der Waals surface area contributed by atoms with Gasteiger partial charge in [0.1, 0.15) is 43.4 Å². The Labute approximate surface area is 423 Å². The molecule has 0 N–H and O–H groups in total. The van der Waals surface area contributed by atoms with E-state index in [1.165, 1.54) is 52.4 Å². The number of aryl methyl sites for hydroxylation is 3. The van der Waals surface area contributed by atoms with Crippen LogP contribution in [0, 0.1) is 22.6 Å². The highest BCUT2D eigenvalue weighted by Crippen LogP contribution is 2.41. The molecule has 1 fully saturated rings. The van der Waals surface area contributed by atoms with Crippen LogP contribution in [0.1, 0.15) is 148 Å². The average molecular weight is 983 g/mol. The van der Waals surface area contributed by atoms with Gasteiger partial charge < -0.3 is 23.7 Å². The highest BCUT2D eigenvalue weighted by atomic mass is 32.1. The summed E-state index contributed by atoms with van der Waals surface area (Å²) in [5.74, 6) is -0.251. The number of carbonyl (C=O) groups excluding carboxylic acids is 4. The van der Waals surface area contributed by atoms with Crippen molar-refractivity contribution in [1.29, 1.82) is 0 Å². The summed E-state index contributed by atoms with van der Waals surface area (Å²) in [5, 5.41) is 0. The predicted octanol–water partition coefficient (Wildman–Crippen LogP) is 13.7. The molecule has 1 aliphatic carbocycles. The van der Waals surface area contributed by atoms with E-state index in [-0.39, 0.29) is 50.0 Å². The fraction of sp³-hybridized carbons (Fsp3) is 0.525. The van der Waals surface area contributed by atoms with E-state index in [9.17, 15) is 19.2 Å². The van der Waals surface area contributed by atoms with Crippen LogP contribution >= 0.6 is 12.6 Å². The summed E-state index contributed by atoms with van der Waals surface area (Å²) in [6.07, 6.45) is 12.6. The van der Waals surface area contributed by atoms with Gasteiger partial charge in [-0.25, -0.2) is 18.8 Å². The van der Waals surface area contributed by atoms with Gasteiger partial charge in [0.25, 0.3) is 0 Å². The summed E-state index contributed by atoms with van der Waals surface area (Å²) >= 11 is 4.55. The molecule has 1 aliphatic rings. The molecule has 1 saturated carbocycles. The summed E-state index contributed by atoms with van der Waals surface area (Å²) in [4.78, 5) is 51.3. The molecule has 0 spiro atoms. The van der Waals surface area contributed by atoms with Crippen LogP contribution in [0.4, 0.5) is 4.39 Å². The molecule has 70 heavy (non-hydrogen) atoms. The third-order valence-electron chi connectivity index (χ3n) is 13.0. The van der Waals surface area contributed by atoms with Crippen LogP contribution in [0.5, 0.6) is 5.75 Å². The molecule has 0 aliphatic heterocycles. The lowest BCUT2D eigenvalue weighted by Crippen LogP contribution is -2.45. The van der Waals surface area contributed by atoms with Crippen molar-refractivity contribution >= 4 is 36.5 Å². The molecule has 11 heteroatoms. The van der Waals surface area contributed by atoms with E-state index in [0.717, 1.165) is 57.7 Å². The van der Waals surface area contributed by atoms with Crippen LogP contribution in [0.15, 0.2) is 85.0 Å². The maximum atomic E-state index is 16.2. The molecule has 4 rings (SSSR count). The molecule has 0 amide bonds. The van der Waals surface area contributed by atoms with Crippen molar-refractivity contribution in [3.8, 4) is 28.0 Å². The van der Waals surface area contributed by atoms with E-state index in [1.54, 1.807) is 33.8 Å². The van der Waals surface area contributed by atoms with E-state index < -0.39 is 34.7 Å². The summed E-state index contributed by atoms with van der Waals surface area (Å²) in [6, 6.07) is 16.1. The fourth-order valence-corrected chi connectivity index (χ4v) is 8.85. The van der Waals surface area contributed by atoms with Crippen LogP contribution in [-0.4, -0.2) is 62.7 Å². The molecule has 0 saturated heterocycles. The second-order valence-electron chi connectivity index (χ2n) is 20.5. The molecule has 9 nitrogen and oxygen atoms in total. The van der Waals surface area contributed by atoms with Gasteiger partial charge in [0, 0.05) is 22.3 Å². The molecule has 3 aromatic carbocycles. The van der Waals surface area contributed by atoms with Gasteiger partial charge in [-0.2, -0.15) is 12.6 Å². The van der Waals surface area contributed by atoms with Crippen molar-refractivity contribution in [1.82, 2.24) is 0 Å². The number of ether oxygens (including phenoxy) is 5. The van der Waals surface area contributed by atoms with Gasteiger partial charge in [0.05, 0.1) is 12.0 Å². The SMILES string of the molecule is C=C(C)C(=O)OCCCc1cc(-c2ccc(-c3ccc(C4CCC(CCCCC)CC4)cc3F)c(CC)c2)cc(CCCS)c1OCC(COC(=O)C(=C)C)(COC(=O)C(=C)C)COC(=O)C(C)(C)C. The summed E-state index contributed by atoms with van der Waals surface area (Å²) in [6.45, 7) is 24.2. The Bertz CT molecular complexity index is 2290. The maximum Gasteiger partial charge on any atom is 0.333 e. The van der Waals surface area contributed by atoms with Gasteiger partial charge in [-0.15, -0.1) is 0 Å². The zero-order valence-corrected chi connectivity index (χ0v) is 44.2. The summed E-state index contributed by atoms with van der Waals surface area (Å²) < 4.78 is 45.8. The molecule has 0 aromatic heterocycles. The minimum Gasteiger partial charge on any atom is -0.492 e. The van der Waals surface area contributed by atoms with Crippen LogP contribution in [0.2, 0.25) is 0 Å². The van der Waals surface area contributed by atoms with E-state index in [2.05, 4.69) is 64.4 Å². The van der Waals surface area contributed by atoms with Gasteiger partial charge in [-0.05, 0) is 174 Å². The Morgan fingerprint density at radius 3 is 1.76 bits per heavy atom. The number of hydrogen-bond acceptors (Lipinski definition) is 10. The van der Waals surface area contributed by atoms with Crippen molar-refractivity contribution < 1.29 is 47.3 Å². The van der Waals surface area contributed by atoms with E-state index in [4.69, 9.17) is 23.7 Å². The Hall–Kier alpha value is -5.16. The van der Waals surface area contributed by atoms with Gasteiger partial charge >= 0.3 is 23.9 Å². The number of rotatable bonds is 27. The van der Waals surface area contributed by atoms with Crippen molar-refractivity contribution in [2.45, 2.75) is 145 Å². The van der Waals surface area contributed by atoms with Crippen LogP contribution in [0.3, 0.4) is 0 Å². The first-order valence-corrected chi connectivity index (χ1v) is 25.8. The van der Waals surface area contributed by atoms with Gasteiger partial charge in [0.15, 0.2) is 0 Å². The largest absolute Gasteiger partial charge is 0.492 e. The lowest BCUT2D eigenvalue weighted by Gasteiger charge is -2.33. The first kappa shape index (κ1) is 57.4. The smallest absolute Gasteiger partial charge is 0.333 e. The molecule has 0 atom stereocenters. The lowest BCUT2D eigenvalue weighted by atomic mass is 9.77. The number of benzene rings is 3. The average Bonchev–Trinajstić information content (AvgIpc) is 3.33. The number of halogens is 1. The molecule has 0 heterocycles. The minimum atomic E-state index is -1.38. The van der Waals surface area contributed by atoms with E-state index >= 15 is 4.39 Å². The van der Waals surface area contributed by atoms with Gasteiger partial charge in [-0.3, -0.25) is 4.79 Å². The summed E-state index contributed by atoms with van der Waals surface area (Å²) in [5.41, 5.74) is 5.40. The topological polar surface area (TPSA) is 114 Å². The molecule has 382 valence electrons. The first-order valence-electron chi connectivity index (χ1n) is 25.2. The maximum absolute atomic E-state index is 16.2. The summed E-state index contributed by atoms with van der Waals surface area (Å²) in [7, 11) is 0. The minimum absolute atomic E-state index is 0.126. The Kier molecular flexibility index (Phi) is 22.5. The normalized spacial score (nSPS) is 14.9. The first-order chi connectivity index (χ1) is 33.2. The number of thiol groups is 1. The highest BCUT2D eigenvalue weighted by molar-refractivity contribution is 7.80. The Morgan fingerprint density at radius 2 is 1.21 bits per heavy atom. The van der Waals surface area contributed by atoms with Crippen LogP contribution in [0.25, 0.3) is 22.3 Å². The highest BCUT2D eigenvalue weighted by Gasteiger charge is 2.39. The van der Waals surface area contributed by atoms with Crippen LogP contribution < -0.4 is 4.74 Å². The van der Waals surface area contributed by atoms with E-state index in [1.807, 2.05) is 24.3 Å². The van der Waals surface area contributed by atoms with Crippen molar-refractivity contribution in [2.24, 2.45) is 16.7 Å². The number of unbranched alkanes of at least 4 members (excludes halogenated alkanes) is 2. The molecule has 0 bridgehead atoms. The van der Waals surface area contributed by atoms with Crippen LogP contribution in [-0.2, 0) is 57.4 Å². The predicted molar refractivity (Wildman–Crippen MR) is 282 cm³/mol. The van der Waals surface area contributed by atoms with Gasteiger partial charge in [0.2, 0.25) is 0 Å². The van der Waals surface area contributed by atoms with Crippen molar-refractivity contribution in [3.63, 3.8) is 0 Å². The number of hydrogen-bond donors (Lipinski definition) is 1. The van der Waals surface area contributed by atoms with E-state index in [0.29, 0.717) is 60.7 Å². The standard InChI is InChI=1S/C59H79FO9S/c1-12-14-15-18-42-21-23-44(24-22-42)46-26-28-51(52(60)34-46)50-27-25-45(31-43(50)13-2)49-32-47(19-16-29-65-54(61)39(3)4)53(48(33-49)20-17-30-70)66-35-59(36-67-55(62)40(5)6,37-68-56(63)41(7)8)38-69-57(64)58(9,10)11/h25-28,31-34,42,44,70H,3,5,7,12-24,29-30,35-38H2,1-2,4,6,8-11H3. The quantitative estimate of drug-likeness (QED) is 0.0262. The zero-order valence-electron chi connectivity index (χ0n) is 43.3. The van der Waals surface area contributed by atoms with Crippen molar-refractivity contribution in [3.05, 3.63) is 113 Å². The van der Waals surface area contributed by atoms with Crippen molar-refractivity contribution in [2.75, 3.05) is 38.8 Å². The number of esters is 4. The molecular formula is C59H79FO9S. The zero-order chi connectivity index (χ0) is 51.6. The second-order valence-corrected chi connectivity index (χ2v) is 20.9. The molecule has 0 radical (unpaired) electrons. The monoisotopic (exact) mass is 983 g/mol. The molecule has 3 aromatic rings. The molecular weight excluding hydrogens is 904 g/mol. The Balaban J connectivity index is 1.77. The third kappa shape index (κ3) is 17.0. The fourth-order valence-electron chi connectivity index (χ4n) is 8.69. The number of carbonyl (C=O) groups is 4. The Morgan fingerprint density at radius 1 is 0.657 bits per heavy atom. The lowest BCUT2D eigenvalue weighted by molar-refractivity contribution is -0.166. The molecule has 0 unspecified atom stereocenters. The third-order valence-corrected chi connectivity index (χ3v) is 13.3.